The van der Waals surface area contributed by atoms with Crippen molar-refractivity contribution in [3.8, 4) is 0 Å². The Morgan fingerprint density at radius 3 is 2.39 bits per heavy atom. The van der Waals surface area contributed by atoms with Gasteiger partial charge in [0.15, 0.2) is 0 Å². The molecule has 2 rings (SSSR count). The fraction of sp³-hybridized carbons (Fsp3) is 0.167. The minimum absolute atomic E-state index is 0.0325. The van der Waals surface area contributed by atoms with Gasteiger partial charge >= 0.3 is 5.56 Å². The van der Waals surface area contributed by atoms with Crippen LogP contribution in [0.2, 0.25) is 0 Å². The first-order valence-corrected chi connectivity index (χ1v) is 5.14. The van der Waals surface area contributed by atoms with Crippen LogP contribution in [0.25, 0.3) is 0 Å². The molecule has 0 amide bonds. The average Bonchev–Trinajstić information content (AvgIpc) is 2.24. The smallest absolute Gasteiger partial charge is 0.308 e. The third-order valence-electron chi connectivity index (χ3n) is 2.43. The highest BCUT2D eigenvalue weighted by molar-refractivity contribution is 5.18. The predicted octanol–water partition coefficient (Wildman–Crippen LogP) is 2.02. The molecule has 0 radical (unpaired) electrons. The number of hydrogen-bond donors (Lipinski definition) is 0. The number of aromatic nitrogens is 2. The van der Waals surface area contributed by atoms with Crippen molar-refractivity contribution in [3.05, 3.63) is 63.6 Å². The first kappa shape index (κ1) is 12.3. The van der Waals surface area contributed by atoms with Crippen LogP contribution < -0.4 is 5.56 Å². The van der Waals surface area contributed by atoms with Crippen LogP contribution in [0.4, 0.5) is 13.2 Å². The van der Waals surface area contributed by atoms with Crippen molar-refractivity contribution in [2.24, 2.45) is 0 Å². The molecular weight excluding hydrogens is 245 g/mol. The monoisotopic (exact) mass is 254 g/mol. The number of rotatable bonds is 2. The van der Waals surface area contributed by atoms with E-state index >= 15 is 0 Å². The molecule has 0 aliphatic carbocycles. The van der Waals surface area contributed by atoms with Gasteiger partial charge in [0.05, 0.1) is 0 Å². The van der Waals surface area contributed by atoms with E-state index < -0.39 is 23.0 Å². The van der Waals surface area contributed by atoms with Crippen LogP contribution in [-0.2, 0) is 6.54 Å². The van der Waals surface area contributed by atoms with E-state index in [1.807, 2.05) is 0 Å². The number of halogens is 3. The van der Waals surface area contributed by atoms with Crippen LogP contribution in [0.1, 0.15) is 11.4 Å². The van der Waals surface area contributed by atoms with Gasteiger partial charge in [-0.3, -0.25) is 4.79 Å². The molecule has 1 aromatic heterocycles. The van der Waals surface area contributed by atoms with Gasteiger partial charge in [0, 0.05) is 18.8 Å². The fourth-order valence-corrected chi connectivity index (χ4v) is 1.61. The minimum Gasteiger partial charge on any atom is -0.329 e. The molecular formula is C12H9F3N2O. The summed E-state index contributed by atoms with van der Waals surface area (Å²) in [6.45, 7) is 1.54. The zero-order valence-electron chi connectivity index (χ0n) is 9.45. The lowest BCUT2D eigenvalue weighted by Gasteiger charge is -2.09. The Hall–Kier alpha value is -2.11. The number of nitrogens with zero attached hydrogens (tertiary/aromatic N) is 2. The Morgan fingerprint density at radius 1 is 1.17 bits per heavy atom. The Balaban J connectivity index is 2.39. The van der Waals surface area contributed by atoms with Crippen molar-refractivity contribution in [3.63, 3.8) is 0 Å². The van der Waals surface area contributed by atoms with Gasteiger partial charge < -0.3 is 4.57 Å². The number of hydrogen-bond acceptors (Lipinski definition) is 2. The lowest BCUT2D eigenvalue weighted by atomic mass is 10.2. The van der Waals surface area contributed by atoms with Gasteiger partial charge in [0.2, 0.25) is 5.82 Å². The van der Waals surface area contributed by atoms with Crippen molar-refractivity contribution in [1.82, 2.24) is 9.55 Å². The van der Waals surface area contributed by atoms with E-state index in [1.165, 1.54) is 11.5 Å². The van der Waals surface area contributed by atoms with Crippen molar-refractivity contribution in [2.75, 3.05) is 0 Å². The molecule has 18 heavy (non-hydrogen) atoms. The molecule has 0 spiro atoms. The molecule has 0 saturated heterocycles. The highest BCUT2D eigenvalue weighted by Gasteiger charge is 2.07. The molecule has 0 N–H and O–H groups in total. The van der Waals surface area contributed by atoms with E-state index in [2.05, 4.69) is 4.98 Å². The molecule has 1 aromatic carbocycles. The summed E-state index contributed by atoms with van der Waals surface area (Å²) >= 11 is 0. The van der Waals surface area contributed by atoms with E-state index in [0.717, 1.165) is 24.4 Å². The van der Waals surface area contributed by atoms with Gasteiger partial charge in [0.1, 0.15) is 17.5 Å². The van der Waals surface area contributed by atoms with Gasteiger partial charge in [-0.2, -0.15) is 9.37 Å². The lowest BCUT2D eigenvalue weighted by molar-refractivity contribution is 0.559. The highest BCUT2D eigenvalue weighted by Crippen LogP contribution is 2.10. The van der Waals surface area contributed by atoms with Gasteiger partial charge in [-0.15, -0.1) is 0 Å². The van der Waals surface area contributed by atoms with Crippen LogP contribution >= 0.6 is 0 Å². The normalized spacial score (nSPS) is 10.7. The van der Waals surface area contributed by atoms with Crippen molar-refractivity contribution >= 4 is 0 Å². The Bertz CT molecular complexity index is 632. The van der Waals surface area contributed by atoms with E-state index in [-0.39, 0.29) is 12.4 Å². The Labute approximate surface area is 101 Å². The number of aryl methyl sites for hydroxylation is 1. The second kappa shape index (κ2) is 4.64. The summed E-state index contributed by atoms with van der Waals surface area (Å²) in [5, 5.41) is 0. The summed E-state index contributed by atoms with van der Waals surface area (Å²) < 4.78 is 40.4. The SMILES string of the molecule is Cc1nc(=O)c(F)cn1Cc1cc(F)cc(F)c1. The van der Waals surface area contributed by atoms with E-state index in [9.17, 15) is 18.0 Å². The molecule has 0 unspecified atom stereocenters. The molecule has 1 heterocycles. The van der Waals surface area contributed by atoms with Crippen molar-refractivity contribution in [1.29, 1.82) is 0 Å². The summed E-state index contributed by atoms with van der Waals surface area (Å²) in [4.78, 5) is 14.4. The summed E-state index contributed by atoms with van der Waals surface area (Å²) in [6.07, 6.45) is 0.966. The molecule has 3 nitrogen and oxygen atoms in total. The first-order chi connectivity index (χ1) is 8.45. The standard InChI is InChI=1S/C12H9F3N2O/c1-7-16-12(18)11(15)6-17(7)5-8-2-9(13)4-10(14)3-8/h2-4,6H,5H2,1H3. The molecule has 0 bridgehead atoms. The molecule has 0 aliphatic rings. The van der Waals surface area contributed by atoms with Gasteiger partial charge in [-0.05, 0) is 24.6 Å². The summed E-state index contributed by atoms with van der Waals surface area (Å²) in [5.41, 5.74) is -0.630. The molecule has 94 valence electrons. The maximum absolute atomic E-state index is 13.1. The molecule has 0 aliphatic heterocycles. The summed E-state index contributed by atoms with van der Waals surface area (Å²) in [6, 6.07) is 3.03. The zero-order valence-corrected chi connectivity index (χ0v) is 9.45. The topological polar surface area (TPSA) is 34.9 Å². The lowest BCUT2D eigenvalue weighted by Crippen LogP contribution is -2.19. The quantitative estimate of drug-likeness (QED) is 0.821. The average molecular weight is 254 g/mol. The summed E-state index contributed by atoms with van der Waals surface area (Å²) in [7, 11) is 0. The van der Waals surface area contributed by atoms with Gasteiger partial charge in [-0.1, -0.05) is 0 Å². The summed E-state index contributed by atoms with van der Waals surface area (Å²) in [5.74, 6) is -2.15. The Kier molecular flexibility index (Phi) is 3.18. The maximum atomic E-state index is 13.1. The van der Waals surface area contributed by atoms with Crippen LogP contribution in [0.3, 0.4) is 0 Å². The van der Waals surface area contributed by atoms with Crippen molar-refractivity contribution < 1.29 is 13.2 Å². The predicted molar refractivity (Wildman–Crippen MR) is 58.7 cm³/mol. The highest BCUT2D eigenvalue weighted by atomic mass is 19.1. The van der Waals surface area contributed by atoms with Gasteiger partial charge in [0.25, 0.3) is 0 Å². The second-order valence-corrected chi connectivity index (χ2v) is 3.85. The minimum atomic E-state index is -1.00. The molecule has 6 heteroatoms. The molecule has 2 aromatic rings. The van der Waals surface area contributed by atoms with E-state index in [1.54, 1.807) is 0 Å². The molecule has 0 atom stereocenters. The van der Waals surface area contributed by atoms with Crippen LogP contribution in [0.15, 0.2) is 29.2 Å². The fourth-order valence-electron chi connectivity index (χ4n) is 1.61. The maximum Gasteiger partial charge on any atom is 0.308 e. The second-order valence-electron chi connectivity index (χ2n) is 3.85. The van der Waals surface area contributed by atoms with E-state index in [0.29, 0.717) is 5.56 Å². The van der Waals surface area contributed by atoms with Crippen LogP contribution in [-0.4, -0.2) is 9.55 Å². The van der Waals surface area contributed by atoms with E-state index in [4.69, 9.17) is 0 Å². The largest absolute Gasteiger partial charge is 0.329 e. The van der Waals surface area contributed by atoms with Crippen LogP contribution in [0, 0.1) is 24.4 Å². The number of benzene rings is 1. The first-order valence-electron chi connectivity index (χ1n) is 5.14. The van der Waals surface area contributed by atoms with Crippen molar-refractivity contribution in [2.45, 2.75) is 13.5 Å². The van der Waals surface area contributed by atoms with Gasteiger partial charge in [-0.25, -0.2) is 8.78 Å². The van der Waals surface area contributed by atoms with Crippen LogP contribution in [0.5, 0.6) is 0 Å². The molecule has 0 fully saturated rings. The third kappa shape index (κ3) is 2.58. The Morgan fingerprint density at radius 2 is 1.78 bits per heavy atom. The third-order valence-corrected chi connectivity index (χ3v) is 2.43. The molecule has 0 saturated carbocycles. The zero-order chi connectivity index (χ0) is 13.3.